The lowest BCUT2D eigenvalue weighted by Crippen LogP contribution is -2.50. The third kappa shape index (κ3) is 6.38. The number of rotatable bonds is 10. The fourth-order valence-corrected chi connectivity index (χ4v) is 4.90. The summed E-state index contributed by atoms with van der Waals surface area (Å²) in [5.41, 5.74) is 2.41. The van der Waals surface area contributed by atoms with Crippen LogP contribution in [-0.2, 0) is 11.2 Å². The molecule has 6 nitrogen and oxygen atoms in total. The summed E-state index contributed by atoms with van der Waals surface area (Å²) in [5.74, 6) is 1.18. The van der Waals surface area contributed by atoms with E-state index in [2.05, 4.69) is 49.3 Å². The molecule has 0 unspecified atom stereocenters. The van der Waals surface area contributed by atoms with Gasteiger partial charge in [0, 0.05) is 24.5 Å². The van der Waals surface area contributed by atoms with Crippen molar-refractivity contribution >= 4 is 23.3 Å². The van der Waals surface area contributed by atoms with Crippen LogP contribution in [0.25, 0.3) is 0 Å². The third-order valence-corrected chi connectivity index (χ3v) is 6.86. The van der Waals surface area contributed by atoms with Gasteiger partial charge in [-0.3, -0.25) is 4.79 Å². The summed E-state index contributed by atoms with van der Waals surface area (Å²) in [6, 6.07) is 9.82. The molecule has 0 spiro atoms. The van der Waals surface area contributed by atoms with E-state index in [1.54, 1.807) is 17.4 Å². The van der Waals surface area contributed by atoms with Crippen LogP contribution in [-0.4, -0.2) is 54.5 Å². The molecule has 3 rings (SSSR count). The molecule has 0 fully saturated rings. The van der Waals surface area contributed by atoms with Gasteiger partial charge in [0.1, 0.15) is 18.9 Å². The van der Waals surface area contributed by atoms with Crippen molar-refractivity contribution in [3.8, 4) is 5.75 Å². The van der Waals surface area contributed by atoms with Crippen molar-refractivity contribution in [1.29, 1.82) is 0 Å². The molecular formula is C26H35N3O3S. The number of ether oxygens (including phenoxy) is 1. The number of amides is 3. The molecule has 33 heavy (non-hydrogen) atoms. The maximum Gasteiger partial charge on any atom is 0.318 e. The Morgan fingerprint density at radius 1 is 1.30 bits per heavy atom. The number of hydrogen-bond donors (Lipinski definition) is 1. The van der Waals surface area contributed by atoms with Gasteiger partial charge in [-0.2, -0.15) is 0 Å². The van der Waals surface area contributed by atoms with Gasteiger partial charge >= 0.3 is 6.03 Å². The molecule has 2 aromatic rings. The highest BCUT2D eigenvalue weighted by Crippen LogP contribution is 2.34. The van der Waals surface area contributed by atoms with Gasteiger partial charge in [0.05, 0.1) is 6.04 Å². The van der Waals surface area contributed by atoms with Gasteiger partial charge in [-0.1, -0.05) is 39.0 Å². The summed E-state index contributed by atoms with van der Waals surface area (Å²) in [6.07, 6.45) is 3.31. The first-order valence-corrected chi connectivity index (χ1v) is 12.5. The zero-order valence-corrected chi connectivity index (χ0v) is 20.7. The Labute approximate surface area is 201 Å². The van der Waals surface area contributed by atoms with Gasteiger partial charge < -0.3 is 19.9 Å². The molecule has 1 aromatic heterocycles. The number of thiophene rings is 1. The van der Waals surface area contributed by atoms with Crippen molar-refractivity contribution in [2.24, 2.45) is 0 Å². The van der Waals surface area contributed by atoms with Crippen LogP contribution in [0.15, 0.2) is 48.4 Å². The predicted octanol–water partition coefficient (Wildman–Crippen LogP) is 4.98. The number of hydrogen-bond acceptors (Lipinski definition) is 4. The molecule has 0 saturated heterocycles. The van der Waals surface area contributed by atoms with Gasteiger partial charge in [0.2, 0.25) is 5.91 Å². The largest absolute Gasteiger partial charge is 0.491 e. The van der Waals surface area contributed by atoms with Crippen LogP contribution >= 0.6 is 11.3 Å². The highest BCUT2D eigenvalue weighted by atomic mass is 32.1. The summed E-state index contributed by atoms with van der Waals surface area (Å²) < 4.78 is 6.14. The molecule has 178 valence electrons. The maximum absolute atomic E-state index is 13.4. The van der Waals surface area contributed by atoms with Crippen molar-refractivity contribution in [1.82, 2.24) is 15.1 Å². The minimum Gasteiger partial charge on any atom is -0.491 e. The number of nitrogens with zero attached hydrogens (tertiary/aromatic N) is 2. The number of carbonyl (C=O) groups is 2. The normalized spacial score (nSPS) is 15.2. The Morgan fingerprint density at radius 2 is 2.06 bits per heavy atom. The molecule has 0 radical (unpaired) electrons. The van der Waals surface area contributed by atoms with E-state index in [1.807, 2.05) is 24.0 Å². The zero-order valence-electron chi connectivity index (χ0n) is 19.9. The average molecular weight is 470 g/mol. The molecular weight excluding hydrogens is 434 g/mol. The zero-order chi connectivity index (χ0) is 23.8. The molecule has 7 heteroatoms. The summed E-state index contributed by atoms with van der Waals surface area (Å²) >= 11 is 1.72. The van der Waals surface area contributed by atoms with Crippen molar-refractivity contribution in [3.05, 3.63) is 64.4 Å². The van der Waals surface area contributed by atoms with E-state index < -0.39 is 0 Å². The van der Waals surface area contributed by atoms with E-state index in [0.717, 1.165) is 24.2 Å². The van der Waals surface area contributed by atoms with Gasteiger partial charge in [-0.25, -0.2) is 4.79 Å². The van der Waals surface area contributed by atoms with Gasteiger partial charge in [0.25, 0.3) is 0 Å². The highest BCUT2D eigenvalue weighted by molar-refractivity contribution is 7.10. The molecule has 1 atom stereocenters. The molecule has 1 aromatic carbocycles. The van der Waals surface area contributed by atoms with Crippen LogP contribution in [0, 0.1) is 0 Å². The van der Waals surface area contributed by atoms with E-state index in [9.17, 15) is 9.59 Å². The fourth-order valence-electron chi connectivity index (χ4n) is 3.97. The number of benzene rings is 1. The van der Waals surface area contributed by atoms with Crippen LogP contribution in [0.3, 0.4) is 0 Å². The second-order valence-electron chi connectivity index (χ2n) is 8.59. The Bertz CT molecular complexity index is 939. The highest BCUT2D eigenvalue weighted by Gasteiger charge is 2.33. The van der Waals surface area contributed by atoms with E-state index >= 15 is 0 Å². The second-order valence-corrected chi connectivity index (χ2v) is 9.59. The van der Waals surface area contributed by atoms with E-state index in [-0.39, 0.29) is 24.5 Å². The molecule has 1 aliphatic rings. The fraction of sp³-hybridized carbons (Fsp3) is 0.462. The first-order chi connectivity index (χ1) is 15.9. The molecule has 1 aliphatic heterocycles. The molecule has 0 saturated carbocycles. The average Bonchev–Trinajstić information content (AvgIpc) is 3.30. The quantitative estimate of drug-likeness (QED) is 0.499. The Morgan fingerprint density at radius 3 is 2.73 bits per heavy atom. The molecule has 1 N–H and O–H groups in total. The van der Waals surface area contributed by atoms with E-state index in [0.29, 0.717) is 32.2 Å². The van der Waals surface area contributed by atoms with Crippen LogP contribution in [0.2, 0.25) is 0 Å². The molecule has 0 aliphatic carbocycles. The number of carbonyl (C=O) groups excluding carboxylic acids is 2. The minimum atomic E-state index is -0.239. The van der Waals surface area contributed by atoms with E-state index in [4.69, 9.17) is 4.74 Å². The van der Waals surface area contributed by atoms with Crippen molar-refractivity contribution < 1.29 is 14.3 Å². The number of urea groups is 1. The number of nitrogens with one attached hydrogen (secondary N) is 1. The SMILES string of the molecule is C=CCN(CC(=O)N1CCc2sccc2[C@H]1COc1ccc(C(C)C)cc1)C(=O)NCCC. The van der Waals surface area contributed by atoms with Crippen LogP contribution < -0.4 is 10.1 Å². The Hall–Kier alpha value is -2.80. The maximum atomic E-state index is 13.4. The third-order valence-electron chi connectivity index (χ3n) is 5.86. The molecule has 3 amide bonds. The lowest BCUT2D eigenvalue weighted by atomic mass is 10.00. The Balaban J connectivity index is 1.72. The number of fused-ring (bicyclic) bond motifs is 1. The lowest BCUT2D eigenvalue weighted by molar-refractivity contribution is -0.135. The van der Waals surface area contributed by atoms with Crippen molar-refractivity contribution in [2.75, 3.05) is 32.8 Å². The standard InChI is InChI=1S/C26H35N3O3S/c1-5-13-27-26(31)28(14-6-2)17-25(30)29-15-11-24-22(12-16-33-24)23(29)18-32-21-9-7-20(8-10-21)19(3)4/h6-10,12,16,19,23H,2,5,11,13-15,17-18H2,1,3-4H3,(H,27,31)/t23-/m1/s1. The molecule has 0 bridgehead atoms. The monoisotopic (exact) mass is 469 g/mol. The van der Waals surface area contributed by atoms with Gasteiger partial charge in [0.15, 0.2) is 0 Å². The topological polar surface area (TPSA) is 61.9 Å². The van der Waals surface area contributed by atoms with Crippen LogP contribution in [0.5, 0.6) is 5.75 Å². The van der Waals surface area contributed by atoms with E-state index in [1.165, 1.54) is 15.3 Å². The first kappa shape index (κ1) is 24.8. The van der Waals surface area contributed by atoms with Crippen LogP contribution in [0.1, 0.15) is 55.2 Å². The van der Waals surface area contributed by atoms with Gasteiger partial charge in [-0.15, -0.1) is 17.9 Å². The minimum absolute atomic E-state index is 0.0145. The molecule has 2 heterocycles. The van der Waals surface area contributed by atoms with Gasteiger partial charge in [-0.05, 0) is 53.5 Å². The first-order valence-electron chi connectivity index (χ1n) is 11.7. The summed E-state index contributed by atoms with van der Waals surface area (Å²) in [4.78, 5) is 30.5. The Kier molecular flexibility index (Phi) is 8.95. The summed E-state index contributed by atoms with van der Waals surface area (Å²) in [7, 11) is 0. The lowest BCUT2D eigenvalue weighted by Gasteiger charge is -2.37. The van der Waals surface area contributed by atoms with Crippen LogP contribution in [0.4, 0.5) is 4.79 Å². The summed E-state index contributed by atoms with van der Waals surface area (Å²) in [5, 5.41) is 4.93. The van der Waals surface area contributed by atoms with Crippen molar-refractivity contribution in [3.63, 3.8) is 0 Å². The van der Waals surface area contributed by atoms with Crippen molar-refractivity contribution in [2.45, 2.75) is 45.6 Å². The summed E-state index contributed by atoms with van der Waals surface area (Å²) in [6.45, 7) is 12.0. The smallest absolute Gasteiger partial charge is 0.318 e. The second kappa shape index (κ2) is 11.9. The predicted molar refractivity (Wildman–Crippen MR) is 134 cm³/mol.